The van der Waals surface area contributed by atoms with Gasteiger partial charge in [0.05, 0.1) is 30.2 Å². The van der Waals surface area contributed by atoms with E-state index in [4.69, 9.17) is 0 Å². The number of nitrogens with one attached hydrogen (secondary N) is 1. The van der Waals surface area contributed by atoms with Crippen LogP contribution in [0.2, 0.25) is 0 Å². The van der Waals surface area contributed by atoms with Gasteiger partial charge in [0.25, 0.3) is 0 Å². The molecule has 28 heavy (non-hydrogen) atoms. The average Bonchev–Trinajstić information content (AvgIpc) is 3.09. The monoisotopic (exact) mass is 415 g/mol. The van der Waals surface area contributed by atoms with Gasteiger partial charge in [0, 0.05) is 19.0 Å². The standard InChI is InChI=1S/C17H25N3O7S/c1-8-11(7-19-5-4-10(6-19)15(22)18-28(3,26)27)14(17(24)25)20-13(8)12(9(2)21)16(20)23/h8-10,12-13,21H,4-7H2,1-3H3,(H,18,22)(H,24,25)/t8-,9+,10-,12?,13?/m0/s1. The summed E-state index contributed by atoms with van der Waals surface area (Å²) >= 11 is 0. The number of β-lactam (4-membered cyclic amide) rings is 1. The van der Waals surface area contributed by atoms with Crippen LogP contribution in [0.3, 0.4) is 0 Å². The largest absolute Gasteiger partial charge is 0.477 e. The number of hydrogen-bond donors (Lipinski definition) is 3. The number of likely N-dealkylation sites (tertiary alicyclic amines) is 1. The van der Waals surface area contributed by atoms with E-state index in [9.17, 15) is 33.0 Å². The molecule has 0 radical (unpaired) electrons. The number of fused-ring (bicyclic) bond motifs is 1. The van der Waals surface area contributed by atoms with Crippen molar-refractivity contribution in [3.05, 3.63) is 11.3 Å². The van der Waals surface area contributed by atoms with Gasteiger partial charge < -0.3 is 15.1 Å². The smallest absolute Gasteiger partial charge is 0.352 e. The molecule has 0 aromatic rings. The maximum Gasteiger partial charge on any atom is 0.352 e. The molecule has 0 spiro atoms. The number of aliphatic hydroxyl groups is 1. The molecule has 2 fully saturated rings. The van der Waals surface area contributed by atoms with E-state index in [1.54, 1.807) is 0 Å². The summed E-state index contributed by atoms with van der Waals surface area (Å²) in [5, 5.41) is 19.5. The zero-order valence-electron chi connectivity index (χ0n) is 16.0. The number of carboxylic acid groups (broad SMARTS) is 1. The lowest BCUT2D eigenvalue weighted by molar-refractivity contribution is -0.163. The van der Waals surface area contributed by atoms with Crippen molar-refractivity contribution in [1.29, 1.82) is 0 Å². The second-order valence-corrected chi connectivity index (χ2v) is 9.64. The van der Waals surface area contributed by atoms with Gasteiger partial charge >= 0.3 is 5.97 Å². The molecule has 0 bridgehead atoms. The second-order valence-electron chi connectivity index (χ2n) is 7.89. The molecule has 2 unspecified atom stereocenters. The predicted molar refractivity (Wildman–Crippen MR) is 97.2 cm³/mol. The van der Waals surface area contributed by atoms with Crippen molar-refractivity contribution >= 4 is 27.8 Å². The number of rotatable bonds is 6. The molecule has 11 heteroatoms. The lowest BCUT2D eigenvalue weighted by atomic mass is 9.77. The van der Waals surface area contributed by atoms with Crippen molar-refractivity contribution in [3.8, 4) is 0 Å². The Morgan fingerprint density at radius 1 is 1.36 bits per heavy atom. The molecule has 0 aromatic carbocycles. The zero-order valence-corrected chi connectivity index (χ0v) is 16.8. The van der Waals surface area contributed by atoms with Crippen LogP contribution in [-0.2, 0) is 24.4 Å². The molecule has 0 aromatic heterocycles. The summed E-state index contributed by atoms with van der Waals surface area (Å²) in [5.74, 6) is -3.48. The number of sulfonamides is 1. The van der Waals surface area contributed by atoms with Crippen LogP contribution in [0.1, 0.15) is 20.3 Å². The number of nitrogens with zero attached hydrogens (tertiary/aromatic N) is 2. The molecule has 3 heterocycles. The first kappa shape index (κ1) is 20.7. The SMILES string of the molecule is C[C@@H](O)C1C(=O)N2C(C(=O)O)=C(CN3CC[C@H](C(=O)NS(C)(=O)=O)C3)[C@H](C)C12. The van der Waals surface area contributed by atoms with Gasteiger partial charge in [-0.3, -0.25) is 19.2 Å². The number of aliphatic hydroxyl groups excluding tert-OH is 1. The van der Waals surface area contributed by atoms with Crippen LogP contribution in [0.25, 0.3) is 0 Å². The summed E-state index contributed by atoms with van der Waals surface area (Å²) in [6.07, 6.45) is 0.525. The quantitative estimate of drug-likeness (QED) is 0.448. The summed E-state index contributed by atoms with van der Waals surface area (Å²) in [4.78, 5) is 39.4. The summed E-state index contributed by atoms with van der Waals surface area (Å²) in [5.41, 5.74) is 0.557. The Balaban J connectivity index is 1.74. The Labute approximate surface area is 163 Å². The van der Waals surface area contributed by atoms with Gasteiger partial charge in [0.1, 0.15) is 5.70 Å². The molecule has 3 rings (SSSR count). The second kappa shape index (κ2) is 7.12. The number of amides is 2. The van der Waals surface area contributed by atoms with Gasteiger partial charge in [-0.2, -0.15) is 0 Å². The van der Waals surface area contributed by atoms with E-state index in [-0.39, 0.29) is 30.1 Å². The Bertz CT molecular complexity index is 851. The van der Waals surface area contributed by atoms with Crippen LogP contribution in [-0.4, -0.2) is 84.3 Å². The van der Waals surface area contributed by atoms with E-state index < -0.39 is 39.8 Å². The Kier molecular flexibility index (Phi) is 5.28. The highest BCUT2D eigenvalue weighted by Gasteiger charge is 2.59. The lowest BCUT2D eigenvalue weighted by Crippen LogP contribution is -2.63. The highest BCUT2D eigenvalue weighted by Crippen LogP contribution is 2.47. The van der Waals surface area contributed by atoms with Crippen molar-refractivity contribution in [2.75, 3.05) is 25.9 Å². The highest BCUT2D eigenvalue weighted by molar-refractivity contribution is 7.89. The van der Waals surface area contributed by atoms with Gasteiger partial charge in [-0.25, -0.2) is 13.2 Å². The molecule has 10 nitrogen and oxygen atoms in total. The molecule has 2 saturated heterocycles. The highest BCUT2D eigenvalue weighted by atomic mass is 32.2. The van der Waals surface area contributed by atoms with Gasteiger partial charge in [-0.05, 0) is 25.5 Å². The fraction of sp³-hybridized carbons (Fsp3) is 0.706. The summed E-state index contributed by atoms with van der Waals surface area (Å²) in [6.45, 7) is 4.47. The third kappa shape index (κ3) is 3.53. The minimum Gasteiger partial charge on any atom is -0.477 e. The lowest BCUT2D eigenvalue weighted by Gasteiger charge is -2.46. The fourth-order valence-corrected chi connectivity index (χ4v) is 5.08. The van der Waals surface area contributed by atoms with Crippen LogP contribution in [0.15, 0.2) is 11.3 Å². The van der Waals surface area contributed by atoms with Crippen molar-refractivity contribution in [2.45, 2.75) is 32.4 Å². The van der Waals surface area contributed by atoms with Crippen LogP contribution in [0.4, 0.5) is 0 Å². The average molecular weight is 415 g/mol. The number of carbonyl (C=O) groups is 3. The first-order chi connectivity index (χ1) is 12.9. The molecule has 2 amide bonds. The molecule has 3 N–H and O–H groups in total. The maximum atomic E-state index is 12.3. The molecule has 156 valence electrons. The molecular weight excluding hydrogens is 390 g/mol. The Morgan fingerprint density at radius 2 is 2.00 bits per heavy atom. The summed E-state index contributed by atoms with van der Waals surface area (Å²) in [7, 11) is -3.63. The summed E-state index contributed by atoms with van der Waals surface area (Å²) < 4.78 is 24.5. The van der Waals surface area contributed by atoms with Crippen LogP contribution in [0, 0.1) is 17.8 Å². The zero-order chi connectivity index (χ0) is 21.0. The number of carbonyl (C=O) groups excluding carboxylic acids is 2. The van der Waals surface area contributed by atoms with Crippen molar-refractivity contribution in [1.82, 2.24) is 14.5 Å². The molecule has 0 aliphatic carbocycles. The Morgan fingerprint density at radius 3 is 2.54 bits per heavy atom. The number of carboxylic acids is 1. The van der Waals surface area contributed by atoms with Gasteiger partial charge in [0.15, 0.2) is 0 Å². The van der Waals surface area contributed by atoms with Gasteiger partial charge in [-0.15, -0.1) is 0 Å². The van der Waals surface area contributed by atoms with Crippen LogP contribution >= 0.6 is 0 Å². The molecular formula is C17H25N3O7S. The third-order valence-electron chi connectivity index (χ3n) is 5.84. The topological polar surface area (TPSA) is 144 Å². The van der Waals surface area contributed by atoms with E-state index in [0.717, 1.165) is 6.26 Å². The van der Waals surface area contributed by atoms with Crippen LogP contribution < -0.4 is 4.72 Å². The van der Waals surface area contributed by atoms with Crippen LogP contribution in [0.5, 0.6) is 0 Å². The van der Waals surface area contributed by atoms with Crippen molar-refractivity contribution in [3.63, 3.8) is 0 Å². The minimum absolute atomic E-state index is 0.0385. The van der Waals surface area contributed by atoms with E-state index in [1.807, 2.05) is 16.5 Å². The molecule has 5 atom stereocenters. The normalized spacial score (nSPS) is 31.6. The van der Waals surface area contributed by atoms with Gasteiger partial charge in [-0.1, -0.05) is 6.92 Å². The first-order valence-electron chi connectivity index (χ1n) is 9.13. The van der Waals surface area contributed by atoms with E-state index in [0.29, 0.717) is 25.1 Å². The fourth-order valence-electron chi connectivity index (χ4n) is 4.55. The van der Waals surface area contributed by atoms with E-state index >= 15 is 0 Å². The first-order valence-corrected chi connectivity index (χ1v) is 11.0. The van der Waals surface area contributed by atoms with Gasteiger partial charge in [0.2, 0.25) is 21.8 Å². The molecule has 3 aliphatic heterocycles. The third-order valence-corrected chi connectivity index (χ3v) is 6.41. The molecule has 3 aliphatic rings. The van der Waals surface area contributed by atoms with Crippen molar-refractivity contribution < 1.29 is 33.0 Å². The minimum atomic E-state index is -3.63. The van der Waals surface area contributed by atoms with Crippen molar-refractivity contribution in [2.24, 2.45) is 17.8 Å². The van der Waals surface area contributed by atoms with E-state index in [2.05, 4.69) is 0 Å². The number of hydrogen-bond acceptors (Lipinski definition) is 7. The Hall–Kier alpha value is -1.98. The number of aliphatic carboxylic acids is 1. The van der Waals surface area contributed by atoms with E-state index in [1.165, 1.54) is 11.8 Å². The summed E-state index contributed by atoms with van der Waals surface area (Å²) in [6, 6.07) is -0.375. The molecule has 0 saturated carbocycles. The predicted octanol–water partition coefficient (Wildman–Crippen LogP) is -1.42. The maximum absolute atomic E-state index is 12.3.